The van der Waals surface area contributed by atoms with Crippen LogP contribution in [0.15, 0.2) is 24.3 Å². The van der Waals surface area contributed by atoms with Crippen molar-refractivity contribution in [2.75, 3.05) is 13.2 Å². The van der Waals surface area contributed by atoms with Crippen LogP contribution in [-0.2, 0) is 4.74 Å². The molecule has 1 aliphatic carbocycles. The molecule has 5 nitrogen and oxygen atoms in total. The summed E-state index contributed by atoms with van der Waals surface area (Å²) in [5, 5.41) is 12.2. The number of nitrogens with one attached hydrogen (secondary N) is 1. The van der Waals surface area contributed by atoms with Crippen LogP contribution in [0.2, 0.25) is 0 Å². The highest BCUT2D eigenvalue weighted by molar-refractivity contribution is 5.95. The maximum atomic E-state index is 12.3. The Morgan fingerprint density at radius 3 is 2.65 bits per heavy atom. The first-order valence-corrected chi connectivity index (χ1v) is 8.29. The molecule has 1 amide bonds. The molecule has 1 saturated heterocycles. The predicted molar refractivity (Wildman–Crippen MR) is 85.2 cm³/mol. The van der Waals surface area contributed by atoms with Crippen LogP contribution < -0.4 is 10.1 Å². The van der Waals surface area contributed by atoms with Crippen LogP contribution >= 0.6 is 0 Å². The second-order valence-electron chi connectivity index (χ2n) is 6.33. The maximum absolute atomic E-state index is 12.3. The summed E-state index contributed by atoms with van der Waals surface area (Å²) in [6, 6.07) is 9.32. The van der Waals surface area contributed by atoms with Crippen molar-refractivity contribution in [1.82, 2.24) is 5.32 Å². The van der Waals surface area contributed by atoms with Crippen LogP contribution in [0.5, 0.6) is 5.75 Å². The Hall–Kier alpha value is -2.06. The van der Waals surface area contributed by atoms with E-state index in [1.165, 1.54) is 0 Å². The standard InChI is InChI=1S/C18H22N2O3/c19-13-18(9-1-2-10-18)20-17(21)14-5-7-15(8-6-14)23-12-16-4-3-11-22-16/h5-8,16H,1-4,9-12H2,(H,20,21). The van der Waals surface area contributed by atoms with Crippen LogP contribution in [0.3, 0.4) is 0 Å². The molecule has 2 fully saturated rings. The van der Waals surface area contributed by atoms with E-state index in [0.717, 1.165) is 50.9 Å². The van der Waals surface area contributed by atoms with Gasteiger partial charge in [-0.1, -0.05) is 0 Å². The zero-order valence-corrected chi connectivity index (χ0v) is 13.2. The number of ether oxygens (including phenoxy) is 2. The van der Waals surface area contributed by atoms with Crippen LogP contribution in [-0.4, -0.2) is 30.8 Å². The van der Waals surface area contributed by atoms with E-state index < -0.39 is 5.54 Å². The van der Waals surface area contributed by atoms with Crippen LogP contribution in [0, 0.1) is 11.3 Å². The summed E-state index contributed by atoms with van der Waals surface area (Å²) in [5.41, 5.74) is -0.137. The van der Waals surface area contributed by atoms with Gasteiger partial charge in [-0.3, -0.25) is 4.79 Å². The summed E-state index contributed by atoms with van der Waals surface area (Å²) in [7, 11) is 0. The van der Waals surface area contributed by atoms with E-state index in [1.54, 1.807) is 24.3 Å². The number of amides is 1. The van der Waals surface area contributed by atoms with Gasteiger partial charge in [0.05, 0.1) is 12.2 Å². The summed E-state index contributed by atoms with van der Waals surface area (Å²) in [5.74, 6) is 0.534. The van der Waals surface area contributed by atoms with Gasteiger partial charge in [-0.15, -0.1) is 0 Å². The average molecular weight is 314 g/mol. The Morgan fingerprint density at radius 1 is 1.30 bits per heavy atom. The zero-order chi connectivity index (χ0) is 16.1. The minimum Gasteiger partial charge on any atom is -0.491 e. The molecule has 1 N–H and O–H groups in total. The molecule has 0 spiro atoms. The van der Waals surface area contributed by atoms with Crippen molar-refractivity contribution in [3.63, 3.8) is 0 Å². The molecule has 1 aliphatic heterocycles. The van der Waals surface area contributed by atoms with Crippen molar-refractivity contribution in [2.45, 2.75) is 50.2 Å². The van der Waals surface area contributed by atoms with Gasteiger partial charge in [-0.2, -0.15) is 5.26 Å². The molecule has 1 unspecified atom stereocenters. The Balaban J connectivity index is 1.55. The van der Waals surface area contributed by atoms with Crippen molar-refractivity contribution < 1.29 is 14.3 Å². The van der Waals surface area contributed by atoms with Crippen LogP contribution in [0.25, 0.3) is 0 Å². The molecular weight excluding hydrogens is 292 g/mol. The Kier molecular flexibility index (Phi) is 4.82. The number of hydrogen-bond donors (Lipinski definition) is 1. The summed E-state index contributed by atoms with van der Waals surface area (Å²) >= 11 is 0. The predicted octanol–water partition coefficient (Wildman–Crippen LogP) is 2.81. The second-order valence-corrected chi connectivity index (χ2v) is 6.33. The molecule has 5 heteroatoms. The first kappa shape index (κ1) is 15.8. The molecule has 1 aromatic rings. The minimum absolute atomic E-state index is 0.177. The summed E-state index contributed by atoms with van der Waals surface area (Å²) in [6.45, 7) is 1.36. The van der Waals surface area contributed by atoms with Gasteiger partial charge in [0.15, 0.2) is 0 Å². The fourth-order valence-corrected chi connectivity index (χ4v) is 3.20. The third-order valence-electron chi connectivity index (χ3n) is 4.60. The Labute approximate surface area is 136 Å². The van der Waals surface area contributed by atoms with Crippen molar-refractivity contribution in [1.29, 1.82) is 5.26 Å². The highest BCUT2D eigenvalue weighted by Crippen LogP contribution is 2.29. The monoisotopic (exact) mass is 314 g/mol. The smallest absolute Gasteiger partial charge is 0.252 e. The zero-order valence-electron chi connectivity index (χ0n) is 13.2. The van der Waals surface area contributed by atoms with Crippen LogP contribution in [0.1, 0.15) is 48.9 Å². The normalized spacial score (nSPS) is 22.5. The second kappa shape index (κ2) is 7.01. The summed E-state index contributed by atoms with van der Waals surface area (Å²) in [6.07, 6.45) is 5.75. The number of nitriles is 1. The fraction of sp³-hybridized carbons (Fsp3) is 0.556. The quantitative estimate of drug-likeness (QED) is 0.907. The molecule has 23 heavy (non-hydrogen) atoms. The van der Waals surface area contributed by atoms with Crippen molar-refractivity contribution in [3.8, 4) is 11.8 Å². The lowest BCUT2D eigenvalue weighted by Crippen LogP contribution is -2.45. The Bertz CT molecular complexity index is 579. The number of rotatable bonds is 5. The molecule has 1 heterocycles. The van der Waals surface area contributed by atoms with E-state index in [2.05, 4.69) is 11.4 Å². The van der Waals surface area contributed by atoms with Crippen molar-refractivity contribution in [2.24, 2.45) is 0 Å². The lowest BCUT2D eigenvalue weighted by atomic mass is 9.99. The highest BCUT2D eigenvalue weighted by Gasteiger charge is 2.35. The summed E-state index contributed by atoms with van der Waals surface area (Å²) in [4.78, 5) is 12.3. The Morgan fingerprint density at radius 2 is 2.04 bits per heavy atom. The molecule has 0 bridgehead atoms. The molecule has 0 radical (unpaired) electrons. The van der Waals surface area contributed by atoms with Crippen molar-refractivity contribution >= 4 is 5.91 Å². The maximum Gasteiger partial charge on any atom is 0.252 e. The molecule has 0 aromatic heterocycles. The molecule has 2 aliphatic rings. The van der Waals surface area contributed by atoms with E-state index in [0.29, 0.717) is 12.2 Å². The van der Waals surface area contributed by atoms with E-state index >= 15 is 0 Å². The largest absolute Gasteiger partial charge is 0.491 e. The number of carbonyl (C=O) groups is 1. The van der Waals surface area contributed by atoms with E-state index in [1.807, 2.05) is 0 Å². The van der Waals surface area contributed by atoms with E-state index in [9.17, 15) is 10.1 Å². The summed E-state index contributed by atoms with van der Waals surface area (Å²) < 4.78 is 11.2. The van der Waals surface area contributed by atoms with E-state index in [4.69, 9.17) is 9.47 Å². The number of nitrogens with zero attached hydrogens (tertiary/aromatic N) is 1. The van der Waals surface area contributed by atoms with Gasteiger partial charge in [0.1, 0.15) is 17.9 Å². The number of carbonyl (C=O) groups excluding carboxylic acids is 1. The fourth-order valence-electron chi connectivity index (χ4n) is 3.20. The molecular formula is C18H22N2O3. The lowest BCUT2D eigenvalue weighted by Gasteiger charge is -2.22. The first-order chi connectivity index (χ1) is 11.2. The lowest BCUT2D eigenvalue weighted by molar-refractivity contribution is 0.0679. The molecule has 3 rings (SSSR count). The van der Waals surface area contributed by atoms with Gasteiger partial charge >= 0.3 is 0 Å². The third-order valence-corrected chi connectivity index (χ3v) is 4.60. The van der Waals surface area contributed by atoms with Gasteiger partial charge in [-0.05, 0) is 62.8 Å². The SMILES string of the molecule is N#CC1(NC(=O)c2ccc(OCC3CCCO3)cc2)CCCC1. The molecule has 1 saturated carbocycles. The molecule has 122 valence electrons. The first-order valence-electron chi connectivity index (χ1n) is 8.29. The van der Waals surface area contributed by atoms with E-state index in [-0.39, 0.29) is 12.0 Å². The van der Waals surface area contributed by atoms with Gasteiger partial charge in [0, 0.05) is 12.2 Å². The molecule has 1 atom stereocenters. The highest BCUT2D eigenvalue weighted by atomic mass is 16.5. The third kappa shape index (κ3) is 3.83. The number of hydrogen-bond acceptors (Lipinski definition) is 4. The number of benzene rings is 1. The molecule has 1 aromatic carbocycles. The van der Waals surface area contributed by atoms with Gasteiger partial charge in [0.25, 0.3) is 5.91 Å². The van der Waals surface area contributed by atoms with Crippen LogP contribution in [0.4, 0.5) is 0 Å². The van der Waals surface area contributed by atoms with Gasteiger partial charge in [-0.25, -0.2) is 0 Å². The topological polar surface area (TPSA) is 71.4 Å². The van der Waals surface area contributed by atoms with Crippen molar-refractivity contribution in [3.05, 3.63) is 29.8 Å². The van der Waals surface area contributed by atoms with Gasteiger partial charge in [0.2, 0.25) is 0 Å². The van der Waals surface area contributed by atoms with Gasteiger partial charge < -0.3 is 14.8 Å². The average Bonchev–Trinajstić information content (AvgIpc) is 3.25. The minimum atomic E-state index is -0.688.